The van der Waals surface area contributed by atoms with Crippen LogP contribution in [-0.4, -0.2) is 88.5 Å². The number of nitrogens with zero attached hydrogens (tertiary/aromatic N) is 3. The Kier molecular flexibility index (Phi) is 9.80. The van der Waals surface area contributed by atoms with Crippen molar-refractivity contribution in [2.24, 2.45) is 4.99 Å². The highest BCUT2D eigenvalue weighted by Gasteiger charge is 2.28. The van der Waals surface area contributed by atoms with E-state index in [9.17, 15) is 17.6 Å². The van der Waals surface area contributed by atoms with E-state index in [2.05, 4.69) is 20.5 Å². The average Bonchev–Trinajstić information content (AvgIpc) is 2.70. The molecule has 0 amide bonds. The Morgan fingerprint density at radius 1 is 1.20 bits per heavy atom. The lowest BCUT2D eigenvalue weighted by Gasteiger charge is -2.35. The van der Waals surface area contributed by atoms with Crippen LogP contribution in [0.25, 0.3) is 0 Å². The molecule has 0 saturated carbocycles. The summed E-state index contributed by atoms with van der Waals surface area (Å²) in [6.07, 6.45) is -3.63. The van der Waals surface area contributed by atoms with Gasteiger partial charge in [0.2, 0.25) is 0 Å². The summed E-state index contributed by atoms with van der Waals surface area (Å²) in [5.74, 6) is 0.300. The molecule has 170 valence electrons. The van der Waals surface area contributed by atoms with Crippen molar-refractivity contribution in [1.29, 1.82) is 0 Å². The number of hydrogen-bond acceptors (Lipinski definition) is 4. The van der Waals surface area contributed by atoms with Crippen molar-refractivity contribution >= 4 is 5.96 Å². The third-order valence-corrected chi connectivity index (χ3v) is 4.89. The summed E-state index contributed by atoms with van der Waals surface area (Å²) in [4.78, 5) is 7.72. The van der Waals surface area contributed by atoms with Gasteiger partial charge in [0, 0.05) is 33.2 Å². The normalized spacial score (nSPS) is 17.2. The van der Waals surface area contributed by atoms with Gasteiger partial charge in [-0.1, -0.05) is 12.1 Å². The van der Waals surface area contributed by atoms with Gasteiger partial charge in [-0.2, -0.15) is 13.2 Å². The molecule has 1 fully saturated rings. The van der Waals surface area contributed by atoms with Crippen LogP contribution in [0.5, 0.6) is 0 Å². The van der Waals surface area contributed by atoms with Crippen LogP contribution in [0.15, 0.2) is 29.3 Å². The summed E-state index contributed by atoms with van der Waals surface area (Å²) in [5, 5.41) is 6.41. The zero-order valence-corrected chi connectivity index (χ0v) is 17.5. The number of alkyl halides is 3. The smallest absolute Gasteiger partial charge is 0.379 e. The molecule has 6 nitrogen and oxygen atoms in total. The minimum absolute atomic E-state index is 0.0194. The summed E-state index contributed by atoms with van der Waals surface area (Å²) >= 11 is 0. The van der Waals surface area contributed by atoms with E-state index in [0.29, 0.717) is 45.2 Å². The van der Waals surface area contributed by atoms with Crippen molar-refractivity contribution in [2.45, 2.75) is 18.6 Å². The van der Waals surface area contributed by atoms with Crippen LogP contribution < -0.4 is 10.6 Å². The van der Waals surface area contributed by atoms with Crippen molar-refractivity contribution in [3.05, 3.63) is 35.6 Å². The van der Waals surface area contributed by atoms with Gasteiger partial charge in [-0.05, 0) is 37.7 Å². The molecule has 0 aliphatic carbocycles. The summed E-state index contributed by atoms with van der Waals surface area (Å²) in [7, 11) is 3.10. The molecule has 0 spiro atoms. The molecule has 1 heterocycles. The molecule has 1 saturated heterocycles. The van der Waals surface area contributed by atoms with Gasteiger partial charge >= 0.3 is 6.18 Å². The molecular weight excluding hydrogens is 402 g/mol. The number of rotatable bonds is 9. The number of morpholine rings is 1. The Balaban J connectivity index is 1.84. The number of aliphatic imine (C=N–C) groups is 1. The summed E-state index contributed by atoms with van der Waals surface area (Å²) in [5.41, 5.74) is 0.995. The number of nitrogens with one attached hydrogen (secondary N) is 2. The Bertz CT molecular complexity index is 648. The van der Waals surface area contributed by atoms with E-state index in [1.165, 1.54) is 24.1 Å². The van der Waals surface area contributed by atoms with Crippen LogP contribution in [0.4, 0.5) is 17.6 Å². The van der Waals surface area contributed by atoms with Gasteiger partial charge in [0.15, 0.2) is 5.96 Å². The molecule has 1 aliphatic heterocycles. The third kappa shape index (κ3) is 8.85. The number of halogens is 4. The second-order valence-electron chi connectivity index (χ2n) is 7.30. The van der Waals surface area contributed by atoms with E-state index in [4.69, 9.17) is 4.74 Å². The molecule has 2 N–H and O–H groups in total. The van der Waals surface area contributed by atoms with Crippen molar-refractivity contribution in [3.8, 4) is 0 Å². The van der Waals surface area contributed by atoms with Gasteiger partial charge in [-0.15, -0.1) is 0 Å². The van der Waals surface area contributed by atoms with Crippen LogP contribution in [0.1, 0.15) is 18.0 Å². The lowest BCUT2D eigenvalue weighted by Crippen LogP contribution is -2.46. The molecule has 0 aromatic heterocycles. The number of ether oxygens (including phenoxy) is 1. The maximum Gasteiger partial charge on any atom is 0.401 e. The number of guanidine groups is 1. The van der Waals surface area contributed by atoms with Crippen LogP contribution in [0.3, 0.4) is 0 Å². The van der Waals surface area contributed by atoms with Gasteiger partial charge in [-0.3, -0.25) is 14.8 Å². The molecule has 0 bridgehead atoms. The molecule has 30 heavy (non-hydrogen) atoms. The summed E-state index contributed by atoms with van der Waals surface area (Å²) in [6, 6.07) is 6.49. The monoisotopic (exact) mass is 433 g/mol. The minimum atomic E-state index is -4.19. The van der Waals surface area contributed by atoms with Crippen LogP contribution in [-0.2, 0) is 4.74 Å². The van der Waals surface area contributed by atoms with E-state index in [1.54, 1.807) is 19.2 Å². The highest BCUT2D eigenvalue weighted by molar-refractivity contribution is 5.79. The third-order valence-electron chi connectivity index (χ3n) is 4.89. The standard InChI is InChI=1S/C20H31F4N5O/c1-25-19(26-8-3-9-28(2)15-20(22,23)24)27-14-18(29-10-12-30-13-11-29)16-4-6-17(21)7-5-16/h4-7,18H,3,8-15H2,1-2H3,(H2,25,26,27). The van der Waals surface area contributed by atoms with Gasteiger partial charge < -0.3 is 15.4 Å². The minimum Gasteiger partial charge on any atom is -0.379 e. The highest BCUT2D eigenvalue weighted by Crippen LogP contribution is 2.21. The first-order valence-electron chi connectivity index (χ1n) is 10.1. The van der Waals surface area contributed by atoms with Crippen LogP contribution in [0, 0.1) is 5.82 Å². The van der Waals surface area contributed by atoms with Crippen LogP contribution in [0.2, 0.25) is 0 Å². The Morgan fingerprint density at radius 3 is 2.47 bits per heavy atom. The predicted octanol–water partition coefficient (Wildman–Crippen LogP) is 2.25. The van der Waals surface area contributed by atoms with Crippen LogP contribution >= 0.6 is 0 Å². The van der Waals surface area contributed by atoms with Gasteiger partial charge in [-0.25, -0.2) is 4.39 Å². The first-order chi connectivity index (χ1) is 14.3. The SMILES string of the molecule is CN=C(NCCCN(C)CC(F)(F)F)NCC(c1ccc(F)cc1)N1CCOCC1. The molecule has 1 atom stereocenters. The summed E-state index contributed by atoms with van der Waals surface area (Å²) in [6.45, 7) is 3.32. The first kappa shape index (κ1) is 24.4. The van der Waals surface area contributed by atoms with E-state index < -0.39 is 12.7 Å². The fraction of sp³-hybridized carbons (Fsp3) is 0.650. The number of hydrogen-bond donors (Lipinski definition) is 2. The van der Waals surface area contributed by atoms with Crippen molar-refractivity contribution in [1.82, 2.24) is 20.4 Å². The van der Waals surface area contributed by atoms with Gasteiger partial charge in [0.25, 0.3) is 0 Å². The largest absolute Gasteiger partial charge is 0.401 e. The number of benzene rings is 1. The zero-order chi connectivity index (χ0) is 22.0. The fourth-order valence-corrected chi connectivity index (χ4v) is 3.39. The Morgan fingerprint density at radius 2 is 1.87 bits per heavy atom. The second kappa shape index (κ2) is 12.1. The predicted molar refractivity (Wildman–Crippen MR) is 109 cm³/mol. The molecule has 2 rings (SSSR count). The van der Waals surface area contributed by atoms with E-state index >= 15 is 0 Å². The van der Waals surface area contributed by atoms with Gasteiger partial charge in [0.05, 0.1) is 25.8 Å². The fourth-order valence-electron chi connectivity index (χ4n) is 3.39. The second-order valence-corrected chi connectivity index (χ2v) is 7.30. The van der Waals surface area contributed by atoms with E-state index in [-0.39, 0.29) is 11.9 Å². The molecular formula is C20H31F4N5O. The van der Waals surface area contributed by atoms with Crippen molar-refractivity contribution in [3.63, 3.8) is 0 Å². The Hall–Kier alpha value is -1.91. The zero-order valence-electron chi connectivity index (χ0n) is 17.5. The lowest BCUT2D eigenvalue weighted by atomic mass is 10.0. The van der Waals surface area contributed by atoms with Gasteiger partial charge in [0.1, 0.15) is 5.82 Å². The van der Waals surface area contributed by atoms with E-state index in [1.807, 2.05) is 0 Å². The first-order valence-corrected chi connectivity index (χ1v) is 10.1. The van der Waals surface area contributed by atoms with E-state index in [0.717, 1.165) is 18.7 Å². The molecule has 10 heteroatoms. The highest BCUT2D eigenvalue weighted by atomic mass is 19.4. The lowest BCUT2D eigenvalue weighted by molar-refractivity contribution is -0.143. The maximum absolute atomic E-state index is 13.3. The average molecular weight is 433 g/mol. The molecule has 1 aromatic rings. The Labute approximate surface area is 175 Å². The quantitative estimate of drug-likeness (QED) is 0.271. The molecule has 0 radical (unpaired) electrons. The topological polar surface area (TPSA) is 52.1 Å². The molecule has 1 aliphatic rings. The summed E-state index contributed by atoms with van der Waals surface area (Å²) < 4.78 is 55.9. The molecule has 1 aromatic carbocycles. The molecule has 1 unspecified atom stereocenters. The van der Waals surface area contributed by atoms with Crippen molar-refractivity contribution < 1.29 is 22.3 Å². The van der Waals surface area contributed by atoms with Crippen molar-refractivity contribution in [2.75, 3.05) is 66.6 Å². The maximum atomic E-state index is 13.3.